The number of halogens is 2. The number of nitrogens with one attached hydrogen (secondary N) is 1. The molecule has 2 aromatic rings. The van der Waals surface area contributed by atoms with Crippen LogP contribution in [-0.4, -0.2) is 22.0 Å². The number of rotatable bonds is 4. The molecule has 1 aromatic heterocycles. The van der Waals surface area contributed by atoms with Crippen molar-refractivity contribution in [1.82, 2.24) is 4.57 Å². The zero-order chi connectivity index (χ0) is 13.8. The molecule has 1 amide bonds. The molecular formula is C13H12F2N2O2. The zero-order valence-corrected chi connectivity index (χ0v) is 9.88. The van der Waals surface area contributed by atoms with Crippen molar-refractivity contribution in [2.75, 3.05) is 5.32 Å². The van der Waals surface area contributed by atoms with Gasteiger partial charge in [-0.3, -0.25) is 4.79 Å². The van der Waals surface area contributed by atoms with Gasteiger partial charge in [0.05, 0.1) is 6.54 Å². The maximum absolute atomic E-state index is 12.3. The van der Waals surface area contributed by atoms with Crippen molar-refractivity contribution in [3.63, 3.8) is 0 Å². The van der Waals surface area contributed by atoms with Crippen LogP contribution in [0.5, 0.6) is 5.75 Å². The van der Waals surface area contributed by atoms with Crippen LogP contribution in [0.1, 0.15) is 10.5 Å². The van der Waals surface area contributed by atoms with E-state index in [4.69, 9.17) is 0 Å². The summed E-state index contributed by atoms with van der Waals surface area (Å²) in [7, 11) is 0. The Morgan fingerprint density at radius 1 is 1.32 bits per heavy atom. The van der Waals surface area contributed by atoms with Gasteiger partial charge in [-0.05, 0) is 24.3 Å². The van der Waals surface area contributed by atoms with Crippen LogP contribution in [0.15, 0.2) is 42.6 Å². The first-order chi connectivity index (χ1) is 9.06. The van der Waals surface area contributed by atoms with Crippen LogP contribution < -0.4 is 5.32 Å². The summed E-state index contributed by atoms with van der Waals surface area (Å²) in [6.45, 7) is -0.532. The van der Waals surface area contributed by atoms with Gasteiger partial charge in [-0.1, -0.05) is 6.07 Å². The highest BCUT2D eigenvalue weighted by atomic mass is 19.3. The van der Waals surface area contributed by atoms with E-state index in [2.05, 4.69) is 5.32 Å². The van der Waals surface area contributed by atoms with Gasteiger partial charge in [0.1, 0.15) is 11.4 Å². The van der Waals surface area contributed by atoms with Crippen molar-refractivity contribution >= 4 is 11.6 Å². The second-order valence-corrected chi connectivity index (χ2v) is 3.94. The Hall–Kier alpha value is -2.37. The minimum absolute atomic E-state index is 0.0146. The lowest BCUT2D eigenvalue weighted by Crippen LogP contribution is -2.18. The molecule has 0 aliphatic carbocycles. The average Bonchev–Trinajstić information content (AvgIpc) is 2.76. The fourth-order valence-electron chi connectivity index (χ4n) is 1.71. The van der Waals surface area contributed by atoms with E-state index in [1.165, 1.54) is 35.0 Å². The Balaban J connectivity index is 2.14. The van der Waals surface area contributed by atoms with Crippen LogP contribution in [0.4, 0.5) is 14.5 Å². The molecular weight excluding hydrogens is 254 g/mol. The number of phenols is 1. The summed E-state index contributed by atoms with van der Waals surface area (Å²) in [5, 5.41) is 11.8. The number of anilines is 1. The van der Waals surface area contributed by atoms with E-state index in [9.17, 15) is 18.7 Å². The first-order valence-corrected chi connectivity index (χ1v) is 5.60. The number of carbonyl (C=O) groups is 1. The normalized spacial score (nSPS) is 10.7. The fourth-order valence-corrected chi connectivity index (χ4v) is 1.71. The van der Waals surface area contributed by atoms with Crippen molar-refractivity contribution in [1.29, 1.82) is 0 Å². The van der Waals surface area contributed by atoms with E-state index in [0.29, 0.717) is 5.69 Å². The monoisotopic (exact) mass is 266 g/mol. The molecule has 0 unspecified atom stereocenters. The standard InChI is InChI=1S/C13H12F2N2O2/c14-12(15)8-17-6-2-5-11(17)13(19)16-9-3-1-4-10(18)7-9/h1-7,12,18H,8H2,(H,16,19). The average molecular weight is 266 g/mol. The third-order valence-electron chi connectivity index (χ3n) is 2.50. The molecule has 0 aliphatic rings. The van der Waals surface area contributed by atoms with Crippen LogP contribution in [0.3, 0.4) is 0 Å². The highest BCUT2D eigenvalue weighted by Crippen LogP contribution is 2.16. The Labute approximate surface area is 108 Å². The number of phenolic OH excluding ortho intramolecular Hbond substituents is 1. The number of hydrogen-bond donors (Lipinski definition) is 2. The number of amides is 1. The predicted octanol–water partition coefficient (Wildman–Crippen LogP) is 2.71. The lowest BCUT2D eigenvalue weighted by atomic mass is 10.3. The third kappa shape index (κ3) is 3.31. The van der Waals surface area contributed by atoms with Crippen LogP contribution in [0.25, 0.3) is 0 Å². The maximum Gasteiger partial charge on any atom is 0.272 e. The number of alkyl halides is 2. The lowest BCUT2D eigenvalue weighted by Gasteiger charge is -2.09. The van der Waals surface area contributed by atoms with Crippen molar-refractivity contribution in [2.24, 2.45) is 0 Å². The second kappa shape index (κ2) is 5.51. The summed E-state index contributed by atoms with van der Waals surface area (Å²) >= 11 is 0. The van der Waals surface area contributed by atoms with E-state index >= 15 is 0 Å². The summed E-state index contributed by atoms with van der Waals surface area (Å²) in [5.41, 5.74) is 0.540. The molecule has 0 bridgehead atoms. The van der Waals surface area contributed by atoms with Crippen molar-refractivity contribution < 1.29 is 18.7 Å². The number of aromatic nitrogens is 1. The molecule has 19 heavy (non-hydrogen) atoms. The summed E-state index contributed by atoms with van der Waals surface area (Å²) in [6.07, 6.45) is -1.11. The molecule has 100 valence electrons. The first kappa shape index (κ1) is 13.1. The predicted molar refractivity (Wildman–Crippen MR) is 66.5 cm³/mol. The summed E-state index contributed by atoms with van der Waals surface area (Å²) < 4.78 is 25.9. The van der Waals surface area contributed by atoms with Gasteiger partial charge in [-0.2, -0.15) is 0 Å². The van der Waals surface area contributed by atoms with Gasteiger partial charge in [0.25, 0.3) is 12.3 Å². The highest BCUT2D eigenvalue weighted by Gasteiger charge is 2.14. The number of benzene rings is 1. The molecule has 4 nitrogen and oxygen atoms in total. The molecule has 0 spiro atoms. The number of nitrogens with zero attached hydrogens (tertiary/aromatic N) is 1. The number of aromatic hydroxyl groups is 1. The molecule has 0 fully saturated rings. The van der Waals surface area contributed by atoms with E-state index < -0.39 is 18.9 Å². The lowest BCUT2D eigenvalue weighted by molar-refractivity contribution is 0.0998. The number of hydrogen-bond acceptors (Lipinski definition) is 2. The molecule has 0 radical (unpaired) electrons. The third-order valence-corrected chi connectivity index (χ3v) is 2.50. The summed E-state index contributed by atoms with van der Waals surface area (Å²) in [5.74, 6) is -0.489. The minimum Gasteiger partial charge on any atom is -0.508 e. The molecule has 1 heterocycles. The van der Waals surface area contributed by atoms with Gasteiger partial charge >= 0.3 is 0 Å². The Kier molecular flexibility index (Phi) is 3.79. The van der Waals surface area contributed by atoms with E-state index in [-0.39, 0.29) is 11.4 Å². The van der Waals surface area contributed by atoms with Crippen LogP contribution in [0.2, 0.25) is 0 Å². The molecule has 0 saturated carbocycles. The highest BCUT2D eigenvalue weighted by molar-refractivity contribution is 6.03. The quantitative estimate of drug-likeness (QED) is 0.894. The topological polar surface area (TPSA) is 54.3 Å². The summed E-state index contributed by atoms with van der Waals surface area (Å²) in [6, 6.07) is 8.99. The zero-order valence-electron chi connectivity index (χ0n) is 9.88. The minimum atomic E-state index is -2.53. The molecule has 0 atom stereocenters. The van der Waals surface area contributed by atoms with Crippen LogP contribution in [0, 0.1) is 0 Å². The van der Waals surface area contributed by atoms with Crippen molar-refractivity contribution in [3.8, 4) is 5.75 Å². The van der Waals surface area contributed by atoms with E-state index in [1.807, 2.05) is 0 Å². The van der Waals surface area contributed by atoms with E-state index in [1.54, 1.807) is 12.1 Å². The SMILES string of the molecule is O=C(Nc1cccc(O)c1)c1cccn1CC(F)F. The fraction of sp³-hybridized carbons (Fsp3) is 0.154. The van der Waals surface area contributed by atoms with E-state index in [0.717, 1.165) is 0 Å². The van der Waals surface area contributed by atoms with Gasteiger partial charge < -0.3 is 15.0 Å². The first-order valence-electron chi connectivity index (χ1n) is 5.60. The van der Waals surface area contributed by atoms with Gasteiger partial charge in [-0.15, -0.1) is 0 Å². The smallest absolute Gasteiger partial charge is 0.272 e. The van der Waals surface area contributed by atoms with Gasteiger partial charge in [-0.25, -0.2) is 8.78 Å². The largest absolute Gasteiger partial charge is 0.508 e. The van der Waals surface area contributed by atoms with Crippen LogP contribution >= 0.6 is 0 Å². The van der Waals surface area contributed by atoms with Crippen LogP contribution in [-0.2, 0) is 6.54 Å². The maximum atomic E-state index is 12.3. The van der Waals surface area contributed by atoms with Gasteiger partial charge in [0.2, 0.25) is 0 Å². The Morgan fingerprint density at radius 2 is 2.11 bits per heavy atom. The van der Waals surface area contributed by atoms with Gasteiger partial charge in [0, 0.05) is 18.0 Å². The second-order valence-electron chi connectivity index (χ2n) is 3.94. The summed E-state index contributed by atoms with van der Waals surface area (Å²) in [4.78, 5) is 11.9. The molecule has 0 saturated heterocycles. The Morgan fingerprint density at radius 3 is 2.79 bits per heavy atom. The molecule has 1 aromatic carbocycles. The molecule has 6 heteroatoms. The van der Waals surface area contributed by atoms with Crippen molar-refractivity contribution in [3.05, 3.63) is 48.3 Å². The molecule has 0 aliphatic heterocycles. The number of carbonyl (C=O) groups excluding carboxylic acids is 1. The molecule has 2 N–H and O–H groups in total. The van der Waals surface area contributed by atoms with Crippen molar-refractivity contribution in [2.45, 2.75) is 13.0 Å². The molecule has 2 rings (SSSR count). The Bertz CT molecular complexity index is 582. The van der Waals surface area contributed by atoms with Gasteiger partial charge in [0.15, 0.2) is 0 Å².